The van der Waals surface area contributed by atoms with Gasteiger partial charge in [0.25, 0.3) is 0 Å². The number of carbonyl (C=O) groups excluding carboxylic acids is 1. The van der Waals surface area contributed by atoms with E-state index in [0.29, 0.717) is 18.5 Å². The highest BCUT2D eigenvalue weighted by Gasteiger charge is 2.38. The predicted molar refractivity (Wildman–Crippen MR) is 92.9 cm³/mol. The normalized spacial score (nSPS) is 29.9. The first-order valence-electron chi connectivity index (χ1n) is 7.82. The van der Waals surface area contributed by atoms with Crippen molar-refractivity contribution in [3.8, 4) is 0 Å². The SMILES string of the molecule is C=CC1CN2CCC1CC2CNC(=O)Nc1ccc(Br)cc1. The zero-order valence-electron chi connectivity index (χ0n) is 12.6. The summed E-state index contributed by atoms with van der Waals surface area (Å²) in [5.41, 5.74) is 0.804. The summed E-state index contributed by atoms with van der Waals surface area (Å²) >= 11 is 3.38. The van der Waals surface area contributed by atoms with Crippen LogP contribution in [0.15, 0.2) is 41.4 Å². The third-order valence-electron chi connectivity index (χ3n) is 4.83. The number of halogens is 1. The zero-order valence-corrected chi connectivity index (χ0v) is 14.2. The number of carbonyl (C=O) groups is 1. The molecule has 0 spiro atoms. The third kappa shape index (κ3) is 3.52. The minimum absolute atomic E-state index is 0.134. The number of piperidine rings is 3. The van der Waals surface area contributed by atoms with Crippen LogP contribution in [0.25, 0.3) is 0 Å². The molecule has 4 nitrogen and oxygen atoms in total. The second kappa shape index (κ2) is 6.84. The highest BCUT2D eigenvalue weighted by Crippen LogP contribution is 2.36. The van der Waals surface area contributed by atoms with E-state index in [9.17, 15) is 4.79 Å². The topological polar surface area (TPSA) is 44.4 Å². The van der Waals surface area contributed by atoms with Gasteiger partial charge in [-0.15, -0.1) is 6.58 Å². The van der Waals surface area contributed by atoms with Crippen molar-refractivity contribution in [2.24, 2.45) is 11.8 Å². The number of nitrogens with zero attached hydrogens (tertiary/aromatic N) is 1. The smallest absolute Gasteiger partial charge is 0.319 e. The predicted octanol–water partition coefficient (Wildman–Crippen LogP) is 3.47. The maximum atomic E-state index is 12.0. The van der Waals surface area contributed by atoms with Crippen molar-refractivity contribution in [1.82, 2.24) is 10.2 Å². The lowest BCUT2D eigenvalue weighted by Crippen LogP contribution is -2.56. The third-order valence-corrected chi connectivity index (χ3v) is 5.36. The molecule has 22 heavy (non-hydrogen) atoms. The average molecular weight is 364 g/mol. The summed E-state index contributed by atoms with van der Waals surface area (Å²) in [6.45, 7) is 6.90. The molecule has 4 rings (SSSR count). The van der Waals surface area contributed by atoms with Gasteiger partial charge < -0.3 is 10.6 Å². The van der Waals surface area contributed by atoms with Crippen LogP contribution in [-0.2, 0) is 0 Å². The molecule has 3 heterocycles. The quantitative estimate of drug-likeness (QED) is 0.804. The number of benzene rings is 1. The highest BCUT2D eigenvalue weighted by atomic mass is 79.9. The van der Waals surface area contributed by atoms with Crippen molar-refractivity contribution in [3.05, 3.63) is 41.4 Å². The first-order chi connectivity index (χ1) is 10.7. The fourth-order valence-corrected chi connectivity index (χ4v) is 3.84. The Labute approximate surface area is 140 Å². The Hall–Kier alpha value is -1.33. The molecule has 2 amide bonds. The van der Waals surface area contributed by atoms with Crippen LogP contribution in [0.3, 0.4) is 0 Å². The van der Waals surface area contributed by atoms with Crippen LogP contribution < -0.4 is 10.6 Å². The molecule has 2 N–H and O–H groups in total. The Morgan fingerprint density at radius 1 is 1.41 bits per heavy atom. The van der Waals surface area contributed by atoms with E-state index in [1.807, 2.05) is 24.3 Å². The number of hydrogen-bond acceptors (Lipinski definition) is 2. The van der Waals surface area contributed by atoms with Crippen LogP contribution in [-0.4, -0.2) is 36.6 Å². The van der Waals surface area contributed by atoms with Crippen molar-refractivity contribution >= 4 is 27.6 Å². The van der Waals surface area contributed by atoms with Gasteiger partial charge in [-0.05, 0) is 55.5 Å². The maximum absolute atomic E-state index is 12.0. The molecule has 2 bridgehead atoms. The molecular formula is C17H22BrN3O. The second-order valence-corrected chi connectivity index (χ2v) is 7.09. The van der Waals surface area contributed by atoms with Gasteiger partial charge in [0.05, 0.1) is 0 Å². The second-order valence-electron chi connectivity index (χ2n) is 6.17. The highest BCUT2D eigenvalue weighted by molar-refractivity contribution is 9.10. The van der Waals surface area contributed by atoms with Gasteiger partial charge in [0.1, 0.15) is 0 Å². The van der Waals surface area contributed by atoms with Gasteiger partial charge in [0.2, 0.25) is 0 Å². The van der Waals surface area contributed by atoms with Crippen molar-refractivity contribution < 1.29 is 4.79 Å². The number of anilines is 1. The number of rotatable bonds is 4. The van der Waals surface area contributed by atoms with E-state index in [-0.39, 0.29) is 6.03 Å². The van der Waals surface area contributed by atoms with Gasteiger partial charge in [0, 0.05) is 29.3 Å². The van der Waals surface area contributed by atoms with Crippen LogP contribution in [0.5, 0.6) is 0 Å². The summed E-state index contributed by atoms with van der Waals surface area (Å²) in [6, 6.07) is 7.92. The fourth-order valence-electron chi connectivity index (χ4n) is 3.58. The summed E-state index contributed by atoms with van der Waals surface area (Å²) < 4.78 is 1.00. The summed E-state index contributed by atoms with van der Waals surface area (Å²) in [5.74, 6) is 1.37. The van der Waals surface area contributed by atoms with Crippen molar-refractivity contribution in [3.63, 3.8) is 0 Å². The zero-order chi connectivity index (χ0) is 15.5. The Kier molecular flexibility index (Phi) is 4.84. The fraction of sp³-hybridized carbons (Fsp3) is 0.471. The number of hydrogen-bond donors (Lipinski definition) is 2. The van der Waals surface area contributed by atoms with Gasteiger partial charge in [-0.3, -0.25) is 4.90 Å². The van der Waals surface area contributed by atoms with E-state index in [1.165, 1.54) is 6.42 Å². The van der Waals surface area contributed by atoms with E-state index in [0.717, 1.165) is 35.6 Å². The molecule has 3 aliphatic heterocycles. The van der Waals surface area contributed by atoms with E-state index >= 15 is 0 Å². The van der Waals surface area contributed by atoms with Gasteiger partial charge in [0.15, 0.2) is 0 Å². The number of amides is 2. The van der Waals surface area contributed by atoms with Crippen molar-refractivity contribution in [2.45, 2.75) is 18.9 Å². The summed E-state index contributed by atoms with van der Waals surface area (Å²) in [5, 5.41) is 5.87. The molecule has 0 aromatic heterocycles. The minimum atomic E-state index is -0.134. The van der Waals surface area contributed by atoms with Gasteiger partial charge in [-0.25, -0.2) is 4.79 Å². The Bertz CT molecular complexity index is 545. The Balaban J connectivity index is 1.47. The molecule has 4 unspecified atom stereocenters. The summed E-state index contributed by atoms with van der Waals surface area (Å²) in [4.78, 5) is 14.5. The van der Waals surface area contributed by atoms with E-state index in [1.54, 1.807) is 0 Å². The standard InChI is InChI=1S/C17H22BrN3O/c1-2-12-11-21-8-7-13(12)9-16(21)10-19-17(22)20-15-5-3-14(18)4-6-15/h2-6,12-13,16H,1,7-11H2,(H2,19,20,22). The van der Waals surface area contributed by atoms with E-state index in [2.05, 4.69) is 44.1 Å². The number of fused-ring (bicyclic) bond motifs is 3. The lowest BCUT2D eigenvalue weighted by Gasteiger charge is -2.49. The number of nitrogens with one attached hydrogen (secondary N) is 2. The molecule has 0 aliphatic carbocycles. The maximum Gasteiger partial charge on any atom is 0.319 e. The van der Waals surface area contributed by atoms with Crippen LogP contribution in [0, 0.1) is 11.8 Å². The van der Waals surface area contributed by atoms with Crippen LogP contribution in [0.1, 0.15) is 12.8 Å². The molecule has 3 saturated heterocycles. The van der Waals surface area contributed by atoms with Crippen molar-refractivity contribution in [2.75, 3.05) is 25.0 Å². The summed E-state index contributed by atoms with van der Waals surface area (Å²) in [7, 11) is 0. The molecule has 3 fully saturated rings. The molecule has 1 aromatic rings. The van der Waals surface area contributed by atoms with Gasteiger partial charge >= 0.3 is 6.03 Å². The lowest BCUT2D eigenvalue weighted by atomic mass is 9.75. The van der Waals surface area contributed by atoms with E-state index in [4.69, 9.17) is 0 Å². The average Bonchev–Trinajstić information content (AvgIpc) is 2.55. The molecule has 3 aliphatic rings. The largest absolute Gasteiger partial charge is 0.336 e. The van der Waals surface area contributed by atoms with Crippen LogP contribution in [0.2, 0.25) is 0 Å². The molecule has 118 valence electrons. The summed E-state index contributed by atoms with van der Waals surface area (Å²) in [6.07, 6.45) is 4.52. The molecule has 1 aromatic carbocycles. The Morgan fingerprint density at radius 3 is 2.82 bits per heavy atom. The van der Waals surface area contributed by atoms with Gasteiger partial charge in [-0.2, -0.15) is 0 Å². The monoisotopic (exact) mass is 363 g/mol. The molecule has 4 atom stereocenters. The van der Waals surface area contributed by atoms with Gasteiger partial charge in [-0.1, -0.05) is 22.0 Å². The minimum Gasteiger partial charge on any atom is -0.336 e. The molecular weight excluding hydrogens is 342 g/mol. The number of urea groups is 1. The first kappa shape index (κ1) is 15.6. The molecule has 0 radical (unpaired) electrons. The van der Waals surface area contributed by atoms with Crippen LogP contribution >= 0.6 is 15.9 Å². The first-order valence-corrected chi connectivity index (χ1v) is 8.62. The van der Waals surface area contributed by atoms with E-state index < -0.39 is 0 Å². The van der Waals surface area contributed by atoms with Crippen LogP contribution in [0.4, 0.5) is 10.5 Å². The Morgan fingerprint density at radius 2 is 2.18 bits per heavy atom. The molecule has 5 heteroatoms. The lowest BCUT2D eigenvalue weighted by molar-refractivity contribution is 0.0209. The molecule has 0 saturated carbocycles. The van der Waals surface area contributed by atoms with Crippen molar-refractivity contribution in [1.29, 1.82) is 0 Å².